The first kappa shape index (κ1) is 9.83. The fourth-order valence-corrected chi connectivity index (χ4v) is 0.854. The Morgan fingerprint density at radius 1 is 1.62 bits per heavy atom. The minimum Gasteiger partial charge on any atom is -0.444 e. The van der Waals surface area contributed by atoms with Gasteiger partial charge in [-0.2, -0.15) is 0 Å². The molecule has 1 atom stereocenters. The second-order valence-corrected chi connectivity index (χ2v) is 3.94. The molecule has 0 aromatic heterocycles. The molecule has 0 aliphatic carbocycles. The normalized spacial score (nSPS) is 21.5. The third kappa shape index (κ3) is 2.93. The van der Waals surface area contributed by atoms with Crippen molar-refractivity contribution in [3.63, 3.8) is 0 Å². The van der Waals surface area contributed by atoms with Crippen LogP contribution in [0.25, 0.3) is 0 Å². The van der Waals surface area contributed by atoms with Crippen LogP contribution in [0.5, 0.6) is 0 Å². The van der Waals surface area contributed by atoms with E-state index in [1.165, 1.54) is 0 Å². The molecule has 13 heavy (non-hydrogen) atoms. The maximum absolute atomic E-state index is 11.1. The van der Waals surface area contributed by atoms with Gasteiger partial charge in [0.15, 0.2) is 0 Å². The Morgan fingerprint density at radius 2 is 2.23 bits per heavy atom. The van der Waals surface area contributed by atoms with E-state index in [2.05, 4.69) is 10.6 Å². The monoisotopic (exact) mass is 186 g/mol. The van der Waals surface area contributed by atoms with Crippen molar-refractivity contribution >= 4 is 12.0 Å². The fraction of sp³-hybridized carbons (Fsp3) is 0.750. The Balaban J connectivity index is 2.29. The highest BCUT2D eigenvalue weighted by molar-refractivity contribution is 5.90. The quantitative estimate of drug-likeness (QED) is 0.567. The molecule has 1 saturated heterocycles. The maximum Gasteiger partial charge on any atom is 0.408 e. The molecule has 0 saturated carbocycles. The predicted molar refractivity (Wildman–Crippen MR) is 46.2 cm³/mol. The molecule has 5 nitrogen and oxygen atoms in total. The molecule has 0 aromatic rings. The largest absolute Gasteiger partial charge is 0.444 e. The lowest BCUT2D eigenvalue weighted by atomic mass is 10.1. The number of carbonyl (C=O) groups excluding carboxylic acids is 2. The molecule has 2 amide bonds. The van der Waals surface area contributed by atoms with Crippen LogP contribution in [0.1, 0.15) is 20.8 Å². The van der Waals surface area contributed by atoms with E-state index in [9.17, 15) is 9.59 Å². The van der Waals surface area contributed by atoms with E-state index in [1.807, 2.05) is 0 Å². The van der Waals surface area contributed by atoms with Crippen LogP contribution in [-0.4, -0.2) is 30.2 Å². The van der Waals surface area contributed by atoms with Gasteiger partial charge in [0.25, 0.3) is 0 Å². The fourth-order valence-electron chi connectivity index (χ4n) is 0.854. The number of β-lactam (4-membered cyclic amide) rings is 1. The van der Waals surface area contributed by atoms with Gasteiger partial charge in [-0.05, 0) is 20.8 Å². The number of ether oxygens (including phenoxy) is 1. The van der Waals surface area contributed by atoms with Crippen molar-refractivity contribution < 1.29 is 14.3 Å². The van der Waals surface area contributed by atoms with Crippen molar-refractivity contribution in [1.29, 1.82) is 0 Å². The average molecular weight is 186 g/mol. The van der Waals surface area contributed by atoms with Crippen molar-refractivity contribution in [2.45, 2.75) is 32.4 Å². The zero-order chi connectivity index (χ0) is 10.1. The molecule has 0 spiro atoms. The van der Waals surface area contributed by atoms with Gasteiger partial charge >= 0.3 is 6.09 Å². The number of hydrogen-bond donors (Lipinski definition) is 2. The number of nitrogens with one attached hydrogen (secondary N) is 2. The first-order valence-corrected chi connectivity index (χ1v) is 4.16. The van der Waals surface area contributed by atoms with Crippen LogP contribution in [0.2, 0.25) is 0 Å². The second-order valence-electron chi connectivity index (χ2n) is 3.94. The van der Waals surface area contributed by atoms with Crippen LogP contribution in [0.3, 0.4) is 0 Å². The summed E-state index contributed by atoms with van der Waals surface area (Å²) in [6.07, 6.45) is -0.549. The molecule has 1 aliphatic heterocycles. The van der Waals surface area contributed by atoms with Gasteiger partial charge in [0.1, 0.15) is 11.6 Å². The molecule has 2 N–H and O–H groups in total. The minimum absolute atomic E-state index is 0.161. The van der Waals surface area contributed by atoms with Crippen LogP contribution < -0.4 is 10.6 Å². The van der Waals surface area contributed by atoms with Gasteiger partial charge in [0, 0.05) is 6.54 Å². The van der Waals surface area contributed by atoms with Crippen molar-refractivity contribution in [2.24, 2.45) is 0 Å². The van der Waals surface area contributed by atoms with Gasteiger partial charge in [-0.25, -0.2) is 4.79 Å². The topological polar surface area (TPSA) is 67.4 Å². The predicted octanol–water partition coefficient (Wildman–Crippen LogP) is 0.00950. The summed E-state index contributed by atoms with van der Waals surface area (Å²) in [5, 5.41) is 4.97. The van der Waals surface area contributed by atoms with E-state index in [1.54, 1.807) is 20.8 Å². The van der Waals surface area contributed by atoms with Gasteiger partial charge in [-0.3, -0.25) is 4.79 Å². The molecule has 1 unspecified atom stereocenters. The molecule has 0 bridgehead atoms. The third-order valence-electron chi connectivity index (χ3n) is 1.49. The van der Waals surface area contributed by atoms with Crippen molar-refractivity contribution in [2.75, 3.05) is 6.54 Å². The molecule has 1 aliphatic rings. The summed E-state index contributed by atoms with van der Waals surface area (Å²) in [6, 6.07) is -0.421. The highest BCUT2D eigenvalue weighted by atomic mass is 16.6. The Hall–Kier alpha value is -1.26. The summed E-state index contributed by atoms with van der Waals surface area (Å²) in [6.45, 7) is 5.80. The summed E-state index contributed by atoms with van der Waals surface area (Å²) in [5.41, 5.74) is -0.524. The van der Waals surface area contributed by atoms with Crippen molar-refractivity contribution in [3.05, 3.63) is 0 Å². The van der Waals surface area contributed by atoms with Gasteiger partial charge in [0.2, 0.25) is 5.91 Å². The number of rotatable bonds is 1. The van der Waals surface area contributed by atoms with Crippen molar-refractivity contribution in [1.82, 2.24) is 10.6 Å². The second kappa shape index (κ2) is 3.24. The lowest BCUT2D eigenvalue weighted by Gasteiger charge is -2.28. The van der Waals surface area contributed by atoms with Crippen LogP contribution in [-0.2, 0) is 9.53 Å². The molecule has 1 fully saturated rings. The van der Waals surface area contributed by atoms with Crippen LogP contribution in [0.15, 0.2) is 0 Å². The molecular weight excluding hydrogens is 172 g/mol. The van der Waals surface area contributed by atoms with E-state index in [4.69, 9.17) is 4.74 Å². The van der Waals surface area contributed by atoms with E-state index in [-0.39, 0.29) is 5.91 Å². The van der Waals surface area contributed by atoms with E-state index < -0.39 is 17.7 Å². The Labute approximate surface area is 76.8 Å². The number of amides is 2. The highest BCUT2D eigenvalue weighted by Crippen LogP contribution is 2.07. The molecule has 5 heteroatoms. The number of alkyl carbamates (subject to hydrolysis) is 1. The van der Waals surface area contributed by atoms with Crippen LogP contribution in [0.4, 0.5) is 4.79 Å². The Kier molecular flexibility index (Phi) is 2.45. The molecule has 1 heterocycles. The van der Waals surface area contributed by atoms with Crippen molar-refractivity contribution in [3.8, 4) is 0 Å². The SMILES string of the molecule is CC(C)(C)OC(=O)NC1CNC1=O. The molecular formula is C8H14N2O3. The molecule has 74 valence electrons. The van der Waals surface area contributed by atoms with Gasteiger partial charge in [0.05, 0.1) is 0 Å². The highest BCUT2D eigenvalue weighted by Gasteiger charge is 2.30. The first-order chi connectivity index (χ1) is 5.88. The lowest BCUT2D eigenvalue weighted by molar-refractivity contribution is -0.128. The zero-order valence-electron chi connectivity index (χ0n) is 8.01. The van der Waals surface area contributed by atoms with Crippen LogP contribution in [0, 0.1) is 0 Å². The van der Waals surface area contributed by atoms with E-state index in [0.717, 1.165) is 0 Å². The molecule has 0 aromatic carbocycles. The van der Waals surface area contributed by atoms with Gasteiger partial charge in [-0.15, -0.1) is 0 Å². The summed E-state index contributed by atoms with van der Waals surface area (Å²) < 4.78 is 4.96. The van der Waals surface area contributed by atoms with Crippen LogP contribution >= 0.6 is 0 Å². The smallest absolute Gasteiger partial charge is 0.408 e. The van der Waals surface area contributed by atoms with Gasteiger partial charge < -0.3 is 15.4 Å². The summed E-state index contributed by atoms with van der Waals surface area (Å²) in [7, 11) is 0. The van der Waals surface area contributed by atoms with E-state index >= 15 is 0 Å². The van der Waals surface area contributed by atoms with Gasteiger partial charge in [-0.1, -0.05) is 0 Å². The zero-order valence-corrected chi connectivity index (χ0v) is 8.01. The molecule has 1 rings (SSSR count). The maximum atomic E-state index is 11.1. The third-order valence-corrected chi connectivity index (χ3v) is 1.49. The minimum atomic E-state index is -0.549. The first-order valence-electron chi connectivity index (χ1n) is 4.16. The van der Waals surface area contributed by atoms with E-state index in [0.29, 0.717) is 6.54 Å². The molecule has 0 radical (unpaired) electrons. The number of hydrogen-bond acceptors (Lipinski definition) is 3. The average Bonchev–Trinajstić information content (AvgIpc) is 1.94. The number of carbonyl (C=O) groups is 2. The summed E-state index contributed by atoms with van der Waals surface area (Å²) >= 11 is 0. The summed E-state index contributed by atoms with van der Waals surface area (Å²) in [4.78, 5) is 21.8. The Bertz CT molecular complexity index is 232. The summed E-state index contributed by atoms with van der Waals surface area (Å²) in [5.74, 6) is -0.161. The Morgan fingerprint density at radius 3 is 2.54 bits per heavy atom. The standard InChI is InChI=1S/C8H14N2O3/c1-8(2,3)13-7(12)10-5-4-9-6(5)11/h5H,4H2,1-3H3,(H,9,11)(H,10,12). The lowest BCUT2D eigenvalue weighted by Crippen LogP contribution is -2.62.